The molecule has 2 aliphatic rings. The monoisotopic (exact) mass is 560 g/mol. The highest BCUT2D eigenvalue weighted by molar-refractivity contribution is 6.77. The zero-order chi connectivity index (χ0) is 28.4. The van der Waals surface area contributed by atoms with Crippen molar-refractivity contribution in [3.05, 3.63) is 29.8 Å². The summed E-state index contributed by atoms with van der Waals surface area (Å²) in [5, 5.41) is 0.941. The van der Waals surface area contributed by atoms with E-state index in [1.807, 2.05) is 6.07 Å². The zero-order valence-electron chi connectivity index (χ0n) is 25.1. The Hall–Kier alpha value is -1.78. The number of pyridine rings is 1. The minimum atomic E-state index is -2.18. The largest absolute Gasteiger partial charge is 0.461 e. The highest BCUT2D eigenvalue weighted by atomic mass is 28.4. The molecule has 4 rings (SSSR count). The Balaban J connectivity index is 1.66. The Bertz CT molecular complexity index is 1090. The molecular weight excluding hydrogens is 512 g/mol. The Kier molecular flexibility index (Phi) is 9.59. The molecule has 1 amide bonds. The van der Waals surface area contributed by atoms with Gasteiger partial charge in [0.1, 0.15) is 24.9 Å². The van der Waals surface area contributed by atoms with Gasteiger partial charge in [-0.1, -0.05) is 54.4 Å². The van der Waals surface area contributed by atoms with Gasteiger partial charge in [0.05, 0.1) is 18.3 Å². The molecule has 0 N–H and O–H groups in total. The van der Waals surface area contributed by atoms with Crippen LogP contribution in [0.3, 0.4) is 0 Å². The molecule has 39 heavy (non-hydrogen) atoms. The number of hydrogen-bond donors (Lipinski definition) is 0. The van der Waals surface area contributed by atoms with E-state index >= 15 is 0 Å². The molecule has 1 saturated heterocycles. The van der Waals surface area contributed by atoms with Crippen LogP contribution >= 0.6 is 0 Å². The van der Waals surface area contributed by atoms with Crippen molar-refractivity contribution >= 4 is 25.2 Å². The molecule has 2 fully saturated rings. The fourth-order valence-corrected chi connectivity index (χ4v) is 12.3. The minimum absolute atomic E-state index is 0.00181. The third kappa shape index (κ3) is 5.84. The van der Waals surface area contributed by atoms with E-state index in [0.717, 1.165) is 41.2 Å². The zero-order valence-corrected chi connectivity index (χ0v) is 26.1. The number of fused-ring (bicyclic) bond motifs is 1. The highest BCUT2D eigenvalue weighted by Crippen LogP contribution is 2.45. The van der Waals surface area contributed by atoms with Gasteiger partial charge in [-0.25, -0.2) is 0 Å². The molecule has 2 aromatic rings. The molecule has 3 heterocycles. The first-order chi connectivity index (χ1) is 18.6. The molecule has 8 nitrogen and oxygen atoms in total. The summed E-state index contributed by atoms with van der Waals surface area (Å²) in [5.41, 5.74) is 1.70. The normalized spacial score (nSPS) is 22.1. The lowest BCUT2D eigenvalue weighted by Gasteiger charge is -2.56. The quantitative estimate of drug-likeness (QED) is 0.140. The summed E-state index contributed by atoms with van der Waals surface area (Å²) in [6.45, 7) is 14.2. The third-order valence-electron chi connectivity index (χ3n) is 8.94. The molecule has 0 unspecified atom stereocenters. The van der Waals surface area contributed by atoms with Crippen LogP contribution in [-0.2, 0) is 36.3 Å². The van der Waals surface area contributed by atoms with Crippen LogP contribution in [0.15, 0.2) is 22.7 Å². The summed E-state index contributed by atoms with van der Waals surface area (Å²) in [6, 6.07) is 3.66. The average Bonchev–Trinajstić information content (AvgIpc) is 3.63. The van der Waals surface area contributed by atoms with Gasteiger partial charge in [-0.3, -0.25) is 9.78 Å². The maximum atomic E-state index is 13.8. The number of nitrogens with zero attached hydrogens (tertiary/aromatic N) is 2. The maximum absolute atomic E-state index is 13.8. The van der Waals surface area contributed by atoms with Gasteiger partial charge in [0.25, 0.3) is 5.91 Å². The van der Waals surface area contributed by atoms with E-state index in [1.54, 1.807) is 25.3 Å². The first kappa shape index (κ1) is 30.2. The number of methoxy groups -OCH3 is 2. The van der Waals surface area contributed by atoms with Crippen LogP contribution in [0.5, 0.6) is 0 Å². The lowest BCUT2D eigenvalue weighted by Crippen LogP contribution is -2.78. The van der Waals surface area contributed by atoms with Gasteiger partial charge in [-0.15, -0.1) is 0 Å². The number of β-lactam (4-membered cyclic amide) rings is 1. The molecule has 9 heteroatoms. The molecule has 0 bridgehead atoms. The number of carbonyl (C=O) groups is 1. The SMILES string of the molecule is COCO[C@@]1(Cc2nccc3oc(CCC4CC4)cc23)C(=O)N(COC)[C@H]1CO[Si](C(C)C)(C(C)C)C(C)C. The number of amides is 1. The van der Waals surface area contributed by atoms with Crippen molar-refractivity contribution in [2.75, 3.05) is 34.4 Å². The van der Waals surface area contributed by atoms with Gasteiger partial charge in [0.2, 0.25) is 0 Å². The van der Waals surface area contributed by atoms with E-state index in [0.29, 0.717) is 29.7 Å². The molecule has 0 aromatic carbocycles. The van der Waals surface area contributed by atoms with Crippen LogP contribution in [0.2, 0.25) is 16.6 Å². The van der Waals surface area contributed by atoms with Gasteiger partial charge < -0.3 is 28.0 Å². The molecule has 0 radical (unpaired) electrons. The number of hydrogen-bond acceptors (Lipinski definition) is 7. The average molecular weight is 561 g/mol. The van der Waals surface area contributed by atoms with Crippen LogP contribution in [0, 0.1) is 5.92 Å². The standard InChI is InChI=1S/C30H48N2O6Si/c1-20(2)39(21(3)4,22(5)6)37-17-28-30(36-19-35-8,29(33)32(28)18-34-7)16-26-25-15-24(12-11-23-9-10-23)38-27(25)13-14-31-26/h13-15,20-23,28H,9-12,16-19H2,1-8H3/t28-,30+/m0/s1. The van der Waals surface area contributed by atoms with Crippen molar-refractivity contribution in [1.29, 1.82) is 0 Å². The second kappa shape index (κ2) is 12.4. The first-order valence-electron chi connectivity index (χ1n) is 14.5. The topological polar surface area (TPSA) is 83.3 Å². The molecule has 2 aromatic heterocycles. The summed E-state index contributed by atoms with van der Waals surface area (Å²) in [4.78, 5) is 20.3. The van der Waals surface area contributed by atoms with Crippen LogP contribution in [-0.4, -0.2) is 70.1 Å². The fraction of sp³-hybridized carbons (Fsp3) is 0.733. The lowest BCUT2D eigenvalue weighted by molar-refractivity contribution is -0.237. The van der Waals surface area contributed by atoms with Gasteiger partial charge in [-0.05, 0) is 41.1 Å². The molecular formula is C30H48N2O6Si. The van der Waals surface area contributed by atoms with Crippen molar-refractivity contribution in [2.45, 2.75) is 102 Å². The summed E-state index contributed by atoms with van der Waals surface area (Å²) in [5.74, 6) is 1.68. The molecule has 1 saturated carbocycles. The number of aryl methyl sites for hydroxylation is 1. The molecule has 2 atom stereocenters. The summed E-state index contributed by atoms with van der Waals surface area (Å²) >= 11 is 0. The fourth-order valence-electron chi connectivity index (χ4n) is 6.85. The van der Waals surface area contributed by atoms with Crippen LogP contribution in [0.25, 0.3) is 11.0 Å². The Morgan fingerprint density at radius 2 is 1.79 bits per heavy atom. The number of carbonyl (C=O) groups excluding carboxylic acids is 1. The van der Waals surface area contributed by atoms with Crippen LogP contribution in [0.4, 0.5) is 0 Å². The van der Waals surface area contributed by atoms with Crippen LogP contribution < -0.4 is 0 Å². The van der Waals surface area contributed by atoms with E-state index < -0.39 is 13.9 Å². The van der Waals surface area contributed by atoms with Gasteiger partial charge >= 0.3 is 0 Å². The van der Waals surface area contributed by atoms with Crippen molar-refractivity contribution in [3.8, 4) is 0 Å². The van der Waals surface area contributed by atoms with E-state index in [1.165, 1.54) is 12.8 Å². The Labute approximate surface area is 234 Å². The third-order valence-corrected chi connectivity index (χ3v) is 15.0. The lowest BCUT2D eigenvalue weighted by atomic mass is 9.78. The van der Waals surface area contributed by atoms with Gasteiger partial charge in [0.15, 0.2) is 13.9 Å². The molecule has 1 aliphatic carbocycles. The number of aromatic nitrogens is 1. The summed E-state index contributed by atoms with van der Waals surface area (Å²) in [7, 11) is 0.996. The van der Waals surface area contributed by atoms with Gasteiger partial charge in [-0.2, -0.15) is 0 Å². The summed E-state index contributed by atoms with van der Waals surface area (Å²) < 4.78 is 30.2. The van der Waals surface area contributed by atoms with Crippen molar-refractivity contribution in [3.63, 3.8) is 0 Å². The minimum Gasteiger partial charge on any atom is -0.461 e. The van der Waals surface area contributed by atoms with Gasteiger partial charge in [0, 0.05) is 38.6 Å². The van der Waals surface area contributed by atoms with E-state index in [9.17, 15) is 4.79 Å². The van der Waals surface area contributed by atoms with E-state index in [2.05, 4.69) is 47.6 Å². The molecule has 1 aliphatic heterocycles. The predicted molar refractivity (Wildman–Crippen MR) is 154 cm³/mol. The molecule has 218 valence electrons. The smallest absolute Gasteiger partial charge is 0.259 e. The maximum Gasteiger partial charge on any atom is 0.259 e. The number of ether oxygens (including phenoxy) is 3. The highest BCUT2D eigenvalue weighted by Gasteiger charge is 2.63. The first-order valence-corrected chi connectivity index (χ1v) is 16.7. The van der Waals surface area contributed by atoms with E-state index in [-0.39, 0.29) is 25.5 Å². The van der Waals surface area contributed by atoms with Crippen LogP contribution in [0.1, 0.15) is 72.3 Å². The second-order valence-corrected chi connectivity index (χ2v) is 17.8. The number of rotatable bonds is 16. The van der Waals surface area contributed by atoms with E-state index in [4.69, 9.17) is 28.0 Å². The Morgan fingerprint density at radius 1 is 1.10 bits per heavy atom. The second-order valence-electron chi connectivity index (χ2n) is 12.3. The van der Waals surface area contributed by atoms with Crippen molar-refractivity contribution in [1.82, 2.24) is 9.88 Å². The summed E-state index contributed by atoms with van der Waals surface area (Å²) in [6.07, 6.45) is 6.79. The molecule has 0 spiro atoms. The predicted octanol–water partition coefficient (Wildman–Crippen LogP) is 6.08. The number of likely N-dealkylation sites (tertiary alicyclic amines) is 1. The number of furan rings is 1. The van der Waals surface area contributed by atoms with Crippen molar-refractivity contribution in [2.24, 2.45) is 5.92 Å². The Morgan fingerprint density at radius 3 is 2.38 bits per heavy atom. The van der Waals surface area contributed by atoms with Crippen molar-refractivity contribution < 1.29 is 27.8 Å².